The van der Waals surface area contributed by atoms with Crippen molar-refractivity contribution in [1.29, 1.82) is 0 Å². The largest absolute Gasteiger partial charge is 0.361 e. The van der Waals surface area contributed by atoms with Gasteiger partial charge in [0, 0.05) is 35.1 Å². The second kappa shape index (κ2) is 8.36. The first-order valence-corrected chi connectivity index (χ1v) is 9.90. The summed E-state index contributed by atoms with van der Waals surface area (Å²) in [6.45, 7) is 10.6. The Balaban J connectivity index is 1.60. The normalized spacial score (nSPS) is 11.9. The number of aromatic nitrogens is 2. The maximum atomic E-state index is 4.67. The van der Waals surface area contributed by atoms with E-state index in [4.69, 9.17) is 0 Å². The highest BCUT2D eigenvalue weighted by Crippen LogP contribution is 2.20. The van der Waals surface area contributed by atoms with Gasteiger partial charge in [0.05, 0.1) is 12.2 Å². The minimum Gasteiger partial charge on any atom is -0.361 e. The molecular weight excluding hydrogens is 342 g/mol. The van der Waals surface area contributed by atoms with E-state index in [1.807, 2.05) is 6.92 Å². The van der Waals surface area contributed by atoms with E-state index in [1.54, 1.807) is 11.3 Å². The zero-order valence-electron chi connectivity index (χ0n) is 15.9. The van der Waals surface area contributed by atoms with E-state index in [9.17, 15) is 0 Å². The number of aromatic amines is 1. The Morgan fingerprint density at radius 2 is 2.08 bits per heavy atom. The van der Waals surface area contributed by atoms with Gasteiger partial charge in [0.25, 0.3) is 0 Å². The molecule has 5 nitrogen and oxygen atoms in total. The van der Waals surface area contributed by atoms with Gasteiger partial charge in [0.1, 0.15) is 5.01 Å². The number of aliphatic imine (C=N–C) groups is 1. The lowest BCUT2D eigenvalue weighted by molar-refractivity contribution is 0.800. The summed E-state index contributed by atoms with van der Waals surface area (Å²) in [7, 11) is 0. The van der Waals surface area contributed by atoms with Crippen molar-refractivity contribution in [3.8, 4) is 0 Å². The summed E-state index contributed by atoms with van der Waals surface area (Å²) in [5, 5.41) is 9.09. The number of rotatable bonds is 6. The molecule has 1 aromatic carbocycles. The van der Waals surface area contributed by atoms with Crippen LogP contribution in [-0.4, -0.2) is 29.0 Å². The number of guanidine groups is 1. The molecule has 2 heterocycles. The van der Waals surface area contributed by atoms with Gasteiger partial charge < -0.3 is 15.6 Å². The molecule has 2 aromatic heterocycles. The molecule has 3 rings (SSSR count). The fourth-order valence-electron chi connectivity index (χ4n) is 2.92. The van der Waals surface area contributed by atoms with Gasteiger partial charge in [0.2, 0.25) is 0 Å². The smallest absolute Gasteiger partial charge is 0.191 e. The third-order valence-electron chi connectivity index (χ3n) is 4.40. The quantitative estimate of drug-likeness (QED) is 0.457. The molecule has 0 bridgehead atoms. The van der Waals surface area contributed by atoms with Crippen molar-refractivity contribution < 1.29 is 0 Å². The Morgan fingerprint density at radius 1 is 1.23 bits per heavy atom. The van der Waals surface area contributed by atoms with Crippen LogP contribution in [0, 0.1) is 20.8 Å². The lowest BCUT2D eigenvalue weighted by atomic mass is 10.1. The minimum atomic E-state index is 0.612. The number of fused-ring (bicyclic) bond motifs is 1. The van der Waals surface area contributed by atoms with Gasteiger partial charge in [-0.3, -0.25) is 0 Å². The third kappa shape index (κ3) is 4.43. The SMILES string of the molecule is CCNC(=NCc1nc(C)c(C)s1)NCCc1c[nH]c2cc(C)ccc12. The number of hydrogen-bond donors (Lipinski definition) is 3. The monoisotopic (exact) mass is 369 g/mol. The van der Waals surface area contributed by atoms with Crippen molar-refractivity contribution >= 4 is 28.2 Å². The predicted octanol–water partition coefficient (Wildman–Crippen LogP) is 3.85. The van der Waals surface area contributed by atoms with E-state index in [0.29, 0.717) is 6.54 Å². The summed E-state index contributed by atoms with van der Waals surface area (Å²) in [4.78, 5) is 13.9. The van der Waals surface area contributed by atoms with Crippen molar-refractivity contribution in [2.24, 2.45) is 4.99 Å². The van der Waals surface area contributed by atoms with E-state index < -0.39 is 0 Å². The van der Waals surface area contributed by atoms with E-state index in [-0.39, 0.29) is 0 Å². The summed E-state index contributed by atoms with van der Waals surface area (Å²) in [6.07, 6.45) is 3.06. The van der Waals surface area contributed by atoms with Gasteiger partial charge in [0.15, 0.2) is 5.96 Å². The van der Waals surface area contributed by atoms with E-state index in [0.717, 1.165) is 36.2 Å². The summed E-state index contributed by atoms with van der Waals surface area (Å²) >= 11 is 1.72. The second-order valence-corrected chi connectivity index (χ2v) is 7.77. The molecule has 0 atom stereocenters. The number of thiazole rings is 1. The average Bonchev–Trinajstić information content (AvgIpc) is 3.15. The highest BCUT2D eigenvalue weighted by Gasteiger charge is 2.06. The summed E-state index contributed by atoms with van der Waals surface area (Å²) < 4.78 is 0. The van der Waals surface area contributed by atoms with Crippen molar-refractivity contribution in [2.75, 3.05) is 13.1 Å². The molecule has 0 aliphatic carbocycles. The molecule has 0 saturated heterocycles. The van der Waals surface area contributed by atoms with Gasteiger partial charge >= 0.3 is 0 Å². The summed E-state index contributed by atoms with van der Waals surface area (Å²) in [5.41, 5.74) is 4.91. The topological polar surface area (TPSA) is 65.1 Å². The van der Waals surface area contributed by atoms with Crippen LogP contribution in [-0.2, 0) is 13.0 Å². The number of benzene rings is 1. The Morgan fingerprint density at radius 3 is 2.81 bits per heavy atom. The highest BCUT2D eigenvalue weighted by molar-refractivity contribution is 7.11. The maximum Gasteiger partial charge on any atom is 0.191 e. The first kappa shape index (κ1) is 18.5. The standard InChI is InChI=1S/C20H27N5S/c1-5-21-20(24-12-19-25-14(3)15(4)26-19)22-9-8-16-11-23-18-10-13(2)6-7-17(16)18/h6-7,10-11,23H,5,8-9,12H2,1-4H3,(H2,21,22,24). The molecular formula is C20H27N5S. The molecule has 3 aromatic rings. The minimum absolute atomic E-state index is 0.612. The second-order valence-electron chi connectivity index (χ2n) is 6.48. The van der Waals surface area contributed by atoms with E-state index in [1.165, 1.54) is 26.9 Å². The van der Waals surface area contributed by atoms with Crippen LogP contribution in [0.25, 0.3) is 10.9 Å². The number of nitrogens with zero attached hydrogens (tertiary/aromatic N) is 2. The maximum absolute atomic E-state index is 4.67. The van der Waals surface area contributed by atoms with Gasteiger partial charge in [-0.1, -0.05) is 12.1 Å². The average molecular weight is 370 g/mol. The van der Waals surface area contributed by atoms with Crippen LogP contribution in [0.2, 0.25) is 0 Å². The molecule has 6 heteroatoms. The molecule has 138 valence electrons. The number of aryl methyl sites for hydroxylation is 3. The Kier molecular flexibility index (Phi) is 5.93. The van der Waals surface area contributed by atoms with Crippen LogP contribution in [0.4, 0.5) is 0 Å². The number of hydrogen-bond acceptors (Lipinski definition) is 3. The zero-order valence-corrected chi connectivity index (χ0v) is 16.8. The summed E-state index contributed by atoms with van der Waals surface area (Å²) in [5.74, 6) is 0.841. The van der Waals surface area contributed by atoms with E-state index in [2.05, 4.69) is 70.8 Å². The first-order valence-electron chi connectivity index (χ1n) is 9.08. The Bertz CT molecular complexity index is 887. The van der Waals surface area contributed by atoms with Crippen LogP contribution in [0.15, 0.2) is 29.4 Å². The molecule has 0 amide bonds. The van der Waals surface area contributed by atoms with Crippen LogP contribution >= 0.6 is 11.3 Å². The molecule has 0 spiro atoms. The van der Waals surface area contributed by atoms with Crippen molar-refractivity contribution in [2.45, 2.75) is 40.7 Å². The van der Waals surface area contributed by atoms with Gasteiger partial charge in [-0.05, 0) is 51.3 Å². The Hall–Kier alpha value is -2.34. The zero-order chi connectivity index (χ0) is 18.5. The number of H-pyrrole nitrogens is 1. The molecule has 0 radical (unpaired) electrons. The van der Waals surface area contributed by atoms with Crippen LogP contribution in [0.5, 0.6) is 0 Å². The first-order chi connectivity index (χ1) is 12.6. The fraction of sp³-hybridized carbons (Fsp3) is 0.400. The van der Waals surface area contributed by atoms with Gasteiger partial charge in [-0.25, -0.2) is 9.98 Å². The van der Waals surface area contributed by atoms with Crippen molar-refractivity contribution in [3.05, 3.63) is 51.1 Å². The lowest BCUT2D eigenvalue weighted by Gasteiger charge is -2.10. The van der Waals surface area contributed by atoms with Crippen LogP contribution in [0.1, 0.15) is 33.6 Å². The van der Waals surface area contributed by atoms with Crippen molar-refractivity contribution in [3.63, 3.8) is 0 Å². The van der Waals surface area contributed by atoms with Crippen LogP contribution in [0.3, 0.4) is 0 Å². The molecule has 26 heavy (non-hydrogen) atoms. The molecule has 0 aliphatic rings. The molecule has 0 unspecified atom stereocenters. The molecule has 0 aliphatic heterocycles. The highest BCUT2D eigenvalue weighted by atomic mass is 32.1. The van der Waals surface area contributed by atoms with Gasteiger partial charge in [-0.2, -0.15) is 0 Å². The van der Waals surface area contributed by atoms with E-state index >= 15 is 0 Å². The molecule has 3 N–H and O–H groups in total. The lowest BCUT2D eigenvalue weighted by Crippen LogP contribution is -2.38. The van der Waals surface area contributed by atoms with Gasteiger partial charge in [-0.15, -0.1) is 11.3 Å². The number of nitrogens with one attached hydrogen (secondary N) is 3. The fourth-order valence-corrected chi connectivity index (χ4v) is 3.78. The Labute approximate surface area is 159 Å². The predicted molar refractivity (Wildman–Crippen MR) is 111 cm³/mol. The van der Waals surface area contributed by atoms with Crippen LogP contribution < -0.4 is 10.6 Å². The molecule has 0 saturated carbocycles. The molecule has 0 fully saturated rings. The summed E-state index contributed by atoms with van der Waals surface area (Å²) in [6, 6.07) is 6.55. The third-order valence-corrected chi connectivity index (χ3v) is 5.46. The van der Waals surface area contributed by atoms with Crippen molar-refractivity contribution in [1.82, 2.24) is 20.6 Å².